The Morgan fingerprint density at radius 3 is 2.79 bits per heavy atom. The highest BCUT2D eigenvalue weighted by Crippen LogP contribution is 2.30. The highest BCUT2D eigenvalue weighted by atomic mass is 32.2. The van der Waals surface area contributed by atoms with E-state index in [4.69, 9.17) is 4.74 Å². The van der Waals surface area contributed by atoms with Crippen molar-refractivity contribution in [2.45, 2.75) is 30.9 Å². The Morgan fingerprint density at radius 1 is 1.43 bits per heavy atom. The van der Waals surface area contributed by atoms with E-state index in [-0.39, 0.29) is 5.78 Å². The molecule has 1 aliphatic carbocycles. The topological polar surface area (TPSA) is 26.3 Å². The lowest BCUT2D eigenvalue weighted by atomic mass is 10.0. The molecule has 0 amide bonds. The molecule has 2 nitrogen and oxygen atoms in total. The summed E-state index contributed by atoms with van der Waals surface area (Å²) in [6.45, 7) is 0. The van der Waals surface area contributed by atoms with Crippen LogP contribution in [0.5, 0.6) is 0 Å². The van der Waals surface area contributed by atoms with Crippen LogP contribution in [0.4, 0.5) is 0 Å². The van der Waals surface area contributed by atoms with E-state index < -0.39 is 0 Å². The summed E-state index contributed by atoms with van der Waals surface area (Å²) in [4.78, 5) is 11.2. The molecule has 0 N–H and O–H groups in total. The third-order valence-electron chi connectivity index (χ3n) is 2.97. The molecular weight excluding hydrogens is 196 g/mol. The molecule has 0 saturated carbocycles. The molecule has 1 aliphatic heterocycles. The Bertz CT molecular complexity index is 254. The van der Waals surface area contributed by atoms with Crippen molar-refractivity contribution in [1.82, 2.24) is 0 Å². The molecule has 1 heterocycles. The van der Waals surface area contributed by atoms with E-state index in [0.717, 1.165) is 18.6 Å². The van der Waals surface area contributed by atoms with E-state index in [0.29, 0.717) is 16.1 Å². The first-order chi connectivity index (χ1) is 6.81. The van der Waals surface area contributed by atoms with Gasteiger partial charge in [0.1, 0.15) is 11.5 Å². The summed E-state index contributed by atoms with van der Waals surface area (Å²) >= 11 is 0. The molecule has 0 aromatic rings. The predicted molar refractivity (Wildman–Crippen MR) is 59.5 cm³/mol. The summed E-state index contributed by atoms with van der Waals surface area (Å²) in [7, 11) is 2.19. The number of rotatable bonds is 2. The van der Waals surface area contributed by atoms with E-state index >= 15 is 0 Å². The zero-order valence-corrected chi connectivity index (χ0v) is 9.44. The van der Waals surface area contributed by atoms with E-state index in [2.05, 4.69) is 0 Å². The Balaban J connectivity index is 2.10. The van der Waals surface area contributed by atoms with Gasteiger partial charge in [0.25, 0.3) is 0 Å². The molecule has 0 aromatic heterocycles. The van der Waals surface area contributed by atoms with Gasteiger partial charge >= 0.3 is 0 Å². The summed E-state index contributed by atoms with van der Waals surface area (Å²) in [5.41, 5.74) is 0. The van der Waals surface area contributed by atoms with Crippen LogP contribution in [0.3, 0.4) is 0 Å². The highest BCUT2D eigenvalue weighted by molar-refractivity contribution is 7.97. The summed E-state index contributed by atoms with van der Waals surface area (Å²) in [5, 5.41) is 0.556. The molecule has 2 aliphatic rings. The Morgan fingerprint density at radius 2 is 2.14 bits per heavy atom. The molecular formula is C11H17O2S+. The van der Waals surface area contributed by atoms with E-state index in [1.807, 2.05) is 0 Å². The lowest BCUT2D eigenvalue weighted by Crippen LogP contribution is -2.30. The molecule has 0 aromatic carbocycles. The fourth-order valence-electron chi connectivity index (χ4n) is 2.22. The van der Waals surface area contributed by atoms with Crippen LogP contribution in [0.25, 0.3) is 0 Å². The van der Waals surface area contributed by atoms with Gasteiger partial charge in [-0.1, -0.05) is 0 Å². The Kier molecular flexibility index (Phi) is 3.16. The zero-order valence-electron chi connectivity index (χ0n) is 8.62. The lowest BCUT2D eigenvalue weighted by molar-refractivity contribution is -0.115. The standard InChI is InChI=1S/C11H17O2S/c1-13-10-8-9(12)4-5-11(10)14-6-2-3-7-14/h8,11H,2-7H2,1H3/q+1. The van der Waals surface area contributed by atoms with E-state index in [1.54, 1.807) is 13.2 Å². The van der Waals surface area contributed by atoms with Crippen molar-refractivity contribution >= 4 is 16.7 Å². The van der Waals surface area contributed by atoms with Gasteiger partial charge < -0.3 is 4.74 Å². The minimum atomic E-state index is 0.237. The normalized spacial score (nSPS) is 29.1. The summed E-state index contributed by atoms with van der Waals surface area (Å²) < 4.78 is 5.33. The third-order valence-corrected chi connectivity index (χ3v) is 5.87. The van der Waals surface area contributed by atoms with E-state index in [9.17, 15) is 4.79 Å². The maximum Gasteiger partial charge on any atom is 0.175 e. The first-order valence-corrected chi connectivity index (χ1v) is 6.88. The Labute approximate surface area is 88.1 Å². The van der Waals surface area contributed by atoms with Gasteiger partial charge in [-0.3, -0.25) is 4.79 Å². The van der Waals surface area contributed by atoms with Crippen molar-refractivity contribution in [3.8, 4) is 0 Å². The van der Waals surface area contributed by atoms with Gasteiger partial charge in [-0.05, 0) is 23.7 Å². The Hall–Kier alpha value is -0.440. The third kappa shape index (κ3) is 1.97. The fourth-order valence-corrected chi connectivity index (χ4v) is 5.09. The maximum absolute atomic E-state index is 11.2. The molecule has 1 saturated heterocycles. The monoisotopic (exact) mass is 213 g/mol. The first-order valence-electron chi connectivity index (χ1n) is 5.26. The van der Waals surface area contributed by atoms with Crippen LogP contribution in [-0.4, -0.2) is 29.6 Å². The number of methoxy groups -OCH3 is 1. The van der Waals surface area contributed by atoms with E-state index in [1.165, 1.54) is 24.3 Å². The molecule has 0 bridgehead atoms. The SMILES string of the molecule is COC1=CC(=O)CCC1[S+]1CCCC1. The van der Waals surface area contributed by atoms with Crippen LogP contribution in [0.1, 0.15) is 25.7 Å². The van der Waals surface area contributed by atoms with Crippen molar-refractivity contribution < 1.29 is 9.53 Å². The second-order valence-electron chi connectivity index (χ2n) is 3.90. The van der Waals surface area contributed by atoms with Gasteiger partial charge in [0.05, 0.1) is 7.11 Å². The smallest absolute Gasteiger partial charge is 0.175 e. The molecule has 1 unspecified atom stereocenters. The molecule has 1 atom stereocenters. The van der Waals surface area contributed by atoms with Crippen molar-refractivity contribution in [2.75, 3.05) is 18.6 Å². The van der Waals surface area contributed by atoms with Crippen LogP contribution in [0.2, 0.25) is 0 Å². The highest BCUT2D eigenvalue weighted by Gasteiger charge is 2.39. The number of allylic oxidation sites excluding steroid dienone is 1. The van der Waals surface area contributed by atoms with Crippen molar-refractivity contribution in [2.24, 2.45) is 0 Å². The number of ketones is 1. The minimum Gasteiger partial charge on any atom is -0.496 e. The van der Waals surface area contributed by atoms with Gasteiger partial charge in [0.15, 0.2) is 16.8 Å². The zero-order chi connectivity index (χ0) is 9.97. The average molecular weight is 213 g/mol. The van der Waals surface area contributed by atoms with Gasteiger partial charge in [0, 0.05) is 18.9 Å². The predicted octanol–water partition coefficient (Wildman–Crippen LogP) is 1.66. The molecule has 78 valence electrons. The molecule has 0 radical (unpaired) electrons. The molecule has 1 fully saturated rings. The molecule has 2 rings (SSSR count). The average Bonchev–Trinajstić information content (AvgIpc) is 2.70. The number of carbonyl (C=O) groups is 1. The van der Waals surface area contributed by atoms with Gasteiger partial charge in [-0.15, -0.1) is 0 Å². The van der Waals surface area contributed by atoms with Crippen LogP contribution in [0, 0.1) is 0 Å². The van der Waals surface area contributed by atoms with Crippen LogP contribution >= 0.6 is 0 Å². The van der Waals surface area contributed by atoms with Gasteiger partial charge in [0.2, 0.25) is 0 Å². The van der Waals surface area contributed by atoms with Crippen molar-refractivity contribution in [1.29, 1.82) is 0 Å². The summed E-state index contributed by atoms with van der Waals surface area (Å²) in [5.74, 6) is 3.88. The molecule has 0 spiro atoms. The maximum atomic E-state index is 11.2. The first kappa shape index (κ1) is 10.1. The van der Waals surface area contributed by atoms with Gasteiger partial charge in [-0.25, -0.2) is 0 Å². The van der Waals surface area contributed by atoms with Crippen LogP contribution in [0.15, 0.2) is 11.8 Å². The van der Waals surface area contributed by atoms with Gasteiger partial charge in [-0.2, -0.15) is 0 Å². The van der Waals surface area contributed by atoms with Crippen molar-refractivity contribution in [3.63, 3.8) is 0 Å². The largest absolute Gasteiger partial charge is 0.496 e. The second kappa shape index (κ2) is 4.39. The number of carbonyl (C=O) groups excluding carboxylic acids is 1. The fraction of sp³-hybridized carbons (Fsp3) is 0.727. The number of ether oxygens (including phenoxy) is 1. The summed E-state index contributed by atoms with van der Waals surface area (Å²) in [6.07, 6.45) is 6.19. The number of hydrogen-bond donors (Lipinski definition) is 0. The summed E-state index contributed by atoms with van der Waals surface area (Å²) in [6, 6.07) is 0. The molecule has 3 heteroatoms. The molecule has 14 heavy (non-hydrogen) atoms. The number of hydrogen-bond acceptors (Lipinski definition) is 2. The van der Waals surface area contributed by atoms with Crippen LogP contribution in [-0.2, 0) is 20.4 Å². The second-order valence-corrected chi connectivity index (χ2v) is 6.36. The minimum absolute atomic E-state index is 0.237. The quantitative estimate of drug-likeness (QED) is 0.652. The van der Waals surface area contributed by atoms with Crippen molar-refractivity contribution in [3.05, 3.63) is 11.8 Å². The lowest BCUT2D eigenvalue weighted by Gasteiger charge is -2.20. The van der Waals surface area contributed by atoms with Crippen LogP contribution < -0.4 is 0 Å².